The predicted octanol–water partition coefficient (Wildman–Crippen LogP) is 14.8. The minimum absolute atomic E-state index is 0.437. The van der Waals surface area contributed by atoms with E-state index in [1.165, 1.54) is 44.5 Å². The molecule has 0 atom stereocenters. The molecule has 0 N–H and O–H groups in total. The third-order valence-corrected chi connectivity index (χ3v) is 13.7. The summed E-state index contributed by atoms with van der Waals surface area (Å²) in [6.07, 6.45) is 0. The van der Waals surface area contributed by atoms with Gasteiger partial charge in [-0.1, -0.05) is 182 Å². The molecule has 3 aromatic heterocycles. The Labute approximate surface area is 363 Å². The molecule has 0 saturated heterocycles. The normalized spacial score (nSPS) is 13.2. The predicted molar refractivity (Wildman–Crippen MR) is 256 cm³/mol. The third kappa shape index (κ3) is 4.69. The first kappa shape index (κ1) is 34.4. The molecule has 4 nitrogen and oxygen atoms in total. The van der Waals surface area contributed by atoms with Gasteiger partial charge in [0.15, 0.2) is 0 Å². The van der Waals surface area contributed by atoms with E-state index in [1.54, 1.807) is 0 Å². The molecule has 0 fully saturated rings. The molecule has 63 heavy (non-hydrogen) atoms. The van der Waals surface area contributed by atoms with Crippen molar-refractivity contribution in [2.75, 3.05) is 0 Å². The Morgan fingerprint density at radius 2 is 0.889 bits per heavy atom. The van der Waals surface area contributed by atoms with Crippen molar-refractivity contribution in [1.29, 1.82) is 0 Å². The minimum Gasteiger partial charge on any atom is -0.455 e. The van der Waals surface area contributed by atoms with E-state index in [2.05, 4.69) is 205 Å². The van der Waals surface area contributed by atoms with Crippen LogP contribution >= 0.6 is 0 Å². The zero-order valence-corrected chi connectivity index (χ0v) is 34.0. The maximum absolute atomic E-state index is 7.12. The summed E-state index contributed by atoms with van der Waals surface area (Å²) in [5, 5.41) is 4.50. The topological polar surface area (TPSA) is 43.9 Å². The lowest BCUT2D eigenvalue weighted by atomic mass is 9.70. The number of fused-ring (bicyclic) bond motifs is 16. The van der Waals surface area contributed by atoms with Gasteiger partial charge >= 0.3 is 0 Å². The highest BCUT2D eigenvalue weighted by Crippen LogP contribution is 2.63. The van der Waals surface area contributed by atoms with E-state index < -0.39 is 5.41 Å². The van der Waals surface area contributed by atoms with E-state index in [9.17, 15) is 0 Å². The average molecular weight is 802 g/mol. The van der Waals surface area contributed by atoms with Crippen LogP contribution in [0.2, 0.25) is 0 Å². The largest absolute Gasteiger partial charge is 0.455 e. The monoisotopic (exact) mass is 801 g/mol. The molecular formula is C59H35N3O. The second kappa shape index (κ2) is 12.8. The number of rotatable bonds is 4. The van der Waals surface area contributed by atoms with Crippen LogP contribution < -0.4 is 0 Å². The Kier molecular flexibility index (Phi) is 7.01. The van der Waals surface area contributed by atoms with Crippen LogP contribution in [0, 0.1) is 0 Å². The molecule has 14 rings (SSSR count). The van der Waals surface area contributed by atoms with E-state index in [0.29, 0.717) is 5.95 Å². The van der Waals surface area contributed by atoms with Gasteiger partial charge in [0.2, 0.25) is 5.95 Å². The molecule has 0 radical (unpaired) electrons. The van der Waals surface area contributed by atoms with Gasteiger partial charge in [-0.15, -0.1) is 0 Å². The van der Waals surface area contributed by atoms with Gasteiger partial charge in [-0.2, -0.15) is 0 Å². The molecule has 292 valence electrons. The Bertz CT molecular complexity index is 3760. The van der Waals surface area contributed by atoms with Crippen molar-refractivity contribution in [2.24, 2.45) is 0 Å². The van der Waals surface area contributed by atoms with Crippen LogP contribution in [0.1, 0.15) is 22.3 Å². The van der Waals surface area contributed by atoms with Gasteiger partial charge in [0.05, 0.1) is 27.8 Å². The van der Waals surface area contributed by atoms with Crippen LogP contribution in [0.25, 0.3) is 106 Å². The van der Waals surface area contributed by atoms with Crippen molar-refractivity contribution in [3.8, 4) is 61.8 Å². The van der Waals surface area contributed by atoms with Gasteiger partial charge in [0.25, 0.3) is 0 Å². The first-order chi connectivity index (χ1) is 31.2. The van der Waals surface area contributed by atoms with Crippen LogP contribution in [0.4, 0.5) is 0 Å². The maximum atomic E-state index is 7.12. The zero-order valence-electron chi connectivity index (χ0n) is 34.0. The molecule has 0 unspecified atom stereocenters. The highest BCUT2D eigenvalue weighted by atomic mass is 16.3. The van der Waals surface area contributed by atoms with Crippen molar-refractivity contribution >= 4 is 43.7 Å². The molecule has 9 aromatic carbocycles. The fraction of sp³-hybridized carbons (Fsp3) is 0.0169. The summed E-state index contributed by atoms with van der Waals surface area (Å²) in [7, 11) is 0. The fourth-order valence-corrected chi connectivity index (χ4v) is 11.0. The quantitative estimate of drug-likeness (QED) is 0.178. The Balaban J connectivity index is 0.992. The van der Waals surface area contributed by atoms with Crippen molar-refractivity contribution in [3.05, 3.63) is 235 Å². The van der Waals surface area contributed by atoms with Crippen molar-refractivity contribution in [3.63, 3.8) is 0 Å². The average Bonchev–Trinajstić information content (AvgIpc) is 4.07. The molecule has 2 aliphatic rings. The van der Waals surface area contributed by atoms with Crippen molar-refractivity contribution in [1.82, 2.24) is 14.5 Å². The summed E-state index contributed by atoms with van der Waals surface area (Å²) in [5.74, 6) is 0.624. The highest BCUT2D eigenvalue weighted by Gasteiger charge is 2.51. The second-order valence-corrected chi connectivity index (χ2v) is 16.8. The number of furan rings is 1. The first-order valence-electron chi connectivity index (χ1n) is 21.6. The first-order valence-corrected chi connectivity index (χ1v) is 21.6. The fourth-order valence-electron chi connectivity index (χ4n) is 11.0. The van der Waals surface area contributed by atoms with Crippen LogP contribution in [0.3, 0.4) is 0 Å². The van der Waals surface area contributed by atoms with E-state index >= 15 is 0 Å². The second-order valence-electron chi connectivity index (χ2n) is 16.8. The van der Waals surface area contributed by atoms with E-state index in [-0.39, 0.29) is 0 Å². The smallest absolute Gasteiger partial charge is 0.235 e. The van der Waals surface area contributed by atoms with E-state index in [0.717, 1.165) is 77.4 Å². The van der Waals surface area contributed by atoms with Crippen molar-refractivity contribution in [2.45, 2.75) is 5.41 Å². The molecule has 1 spiro atoms. The summed E-state index contributed by atoms with van der Waals surface area (Å²) < 4.78 is 9.35. The maximum Gasteiger partial charge on any atom is 0.235 e. The van der Waals surface area contributed by atoms with Crippen LogP contribution in [-0.2, 0) is 5.41 Å². The van der Waals surface area contributed by atoms with Gasteiger partial charge in [-0.25, -0.2) is 9.97 Å². The number of nitrogens with zero attached hydrogens (tertiary/aromatic N) is 3. The van der Waals surface area contributed by atoms with Gasteiger partial charge in [0.1, 0.15) is 11.2 Å². The lowest BCUT2D eigenvalue weighted by molar-refractivity contribution is 0.667. The summed E-state index contributed by atoms with van der Waals surface area (Å²) >= 11 is 0. The molecule has 0 saturated carbocycles. The van der Waals surface area contributed by atoms with Crippen LogP contribution in [0.5, 0.6) is 0 Å². The summed E-state index contributed by atoms with van der Waals surface area (Å²) in [4.78, 5) is 10.6. The number of aromatic nitrogens is 3. The minimum atomic E-state index is -0.437. The molecule has 0 aliphatic heterocycles. The SMILES string of the molecule is c1ccc(-c2cc(-c3ccccc3)nc(-n3c4ccccc4c4ccc(-c5cccc6c5oc5cc7c(cc56)-c5ccccc5C75c6ccccc6-c6ccccc65)cc43)n2)cc1. The summed E-state index contributed by atoms with van der Waals surface area (Å²) in [5.41, 5.74) is 19.7. The standard InChI is InChI=1S/C59H35N3O/c1-3-16-36(17-4-1)52-35-53(37-18-5-2-6-19-37)61-58(60-52)62-54-29-14-10-23-43(54)44-31-30-38(32-55(44)62)39-24-15-25-45-47-33-46-42-22-9-13-28-50(42)59(51(46)34-56(47)63-57(39)45)48-26-11-7-20-40(48)41-21-8-12-27-49(41)59/h1-35H. The van der Waals surface area contributed by atoms with Crippen LogP contribution in [0.15, 0.2) is 217 Å². The number of hydrogen-bond acceptors (Lipinski definition) is 3. The molecule has 12 aromatic rings. The molecule has 4 heteroatoms. The lowest BCUT2D eigenvalue weighted by Crippen LogP contribution is -2.25. The zero-order chi connectivity index (χ0) is 41.2. The molecule has 3 heterocycles. The molecular weight excluding hydrogens is 767 g/mol. The molecule has 0 bridgehead atoms. The van der Waals surface area contributed by atoms with Gasteiger partial charge in [0, 0.05) is 38.2 Å². The number of hydrogen-bond donors (Lipinski definition) is 0. The van der Waals surface area contributed by atoms with E-state index in [4.69, 9.17) is 14.4 Å². The Morgan fingerprint density at radius 3 is 1.56 bits per heavy atom. The van der Waals surface area contributed by atoms with Gasteiger partial charge in [-0.3, -0.25) is 4.57 Å². The molecule has 0 amide bonds. The summed E-state index contributed by atoms with van der Waals surface area (Å²) in [6, 6.07) is 76.3. The lowest BCUT2D eigenvalue weighted by Gasteiger charge is -2.30. The molecule has 2 aliphatic carbocycles. The van der Waals surface area contributed by atoms with E-state index in [1.807, 2.05) is 12.1 Å². The van der Waals surface area contributed by atoms with Gasteiger partial charge in [-0.05, 0) is 80.4 Å². The Morgan fingerprint density at radius 1 is 0.349 bits per heavy atom. The summed E-state index contributed by atoms with van der Waals surface area (Å²) in [6.45, 7) is 0. The number of para-hydroxylation sites is 2. The van der Waals surface area contributed by atoms with Gasteiger partial charge < -0.3 is 4.42 Å². The Hall–Kier alpha value is -8.34. The third-order valence-electron chi connectivity index (χ3n) is 13.7. The number of benzene rings is 9. The van der Waals surface area contributed by atoms with Crippen molar-refractivity contribution < 1.29 is 4.42 Å². The van der Waals surface area contributed by atoms with Crippen LogP contribution in [-0.4, -0.2) is 14.5 Å². The highest BCUT2D eigenvalue weighted by molar-refractivity contribution is 6.14.